The lowest BCUT2D eigenvalue weighted by Crippen LogP contribution is -2.70. The van der Waals surface area contributed by atoms with E-state index >= 15 is 0 Å². The van der Waals surface area contributed by atoms with E-state index in [0.29, 0.717) is 0 Å². The number of nitrogens with two attached hydrogens (primary N) is 1. The Morgan fingerprint density at radius 2 is 2.30 bits per heavy atom. The molecule has 0 fully saturated rings. The van der Waals surface area contributed by atoms with E-state index in [2.05, 4.69) is 22.5 Å². The molecule has 0 aliphatic rings. The van der Waals surface area contributed by atoms with Crippen LogP contribution in [0.3, 0.4) is 0 Å². The molecule has 1 aromatic rings. The van der Waals surface area contributed by atoms with Crippen LogP contribution in [0.25, 0.3) is 0 Å². The molecule has 1 rings (SSSR count). The maximum absolute atomic E-state index is 3.61. The second kappa shape index (κ2) is 3.54. The Morgan fingerprint density at radius 1 is 1.50 bits per heavy atom. The van der Waals surface area contributed by atoms with Crippen molar-refractivity contribution in [1.29, 1.82) is 0 Å². The molecule has 1 nitrogen and oxygen atoms in total. The number of halogens is 1. The van der Waals surface area contributed by atoms with Gasteiger partial charge in [0.1, 0.15) is 5.69 Å². The van der Waals surface area contributed by atoms with Crippen molar-refractivity contribution >= 4 is 21.6 Å². The quantitative estimate of drug-likeness (QED) is 0.699. The molecule has 0 saturated heterocycles. The van der Waals surface area contributed by atoms with Crippen LogP contribution in [-0.4, -0.2) is 0 Å². The summed E-state index contributed by atoms with van der Waals surface area (Å²) in [5, 5.41) is 1.96. The predicted octanol–water partition coefficient (Wildman–Crippen LogP) is 1.79. The molecule has 0 saturated carbocycles. The highest BCUT2D eigenvalue weighted by Gasteiger charge is 1.91. The lowest BCUT2D eigenvalue weighted by atomic mass is 10.3. The monoisotopic (exact) mass is 198 g/mol. The van der Waals surface area contributed by atoms with Crippen molar-refractivity contribution < 1.29 is 5.32 Å². The first-order chi connectivity index (χ1) is 4.83. The van der Waals surface area contributed by atoms with E-state index in [1.807, 2.05) is 29.6 Å². The van der Waals surface area contributed by atoms with Gasteiger partial charge < -0.3 is 0 Å². The van der Waals surface area contributed by atoms with Crippen molar-refractivity contribution in [3.63, 3.8) is 0 Å². The van der Waals surface area contributed by atoms with Gasteiger partial charge in [-0.15, -0.1) is 0 Å². The van der Waals surface area contributed by atoms with Gasteiger partial charge in [0.05, 0.1) is 6.20 Å². The van der Waals surface area contributed by atoms with Crippen molar-refractivity contribution in [2.75, 3.05) is 0 Å². The first kappa shape index (κ1) is 7.51. The molecule has 2 N–H and O–H groups in total. The molecule has 0 unspecified atom stereocenters. The normalized spacial score (nSPS) is 9.30. The Morgan fingerprint density at radius 3 is 2.90 bits per heavy atom. The third-order valence-corrected chi connectivity index (χ3v) is 1.65. The van der Waals surface area contributed by atoms with Crippen LogP contribution < -0.4 is 5.32 Å². The molecular formula is C8H9BrN+. The van der Waals surface area contributed by atoms with Gasteiger partial charge >= 0.3 is 0 Å². The van der Waals surface area contributed by atoms with E-state index in [0.717, 1.165) is 4.47 Å². The number of hydrogen-bond acceptors (Lipinski definition) is 0. The molecule has 0 aromatic heterocycles. The third-order valence-electron chi connectivity index (χ3n) is 1.16. The van der Waals surface area contributed by atoms with Gasteiger partial charge in [-0.05, 0) is 18.7 Å². The molecule has 52 valence electrons. The summed E-state index contributed by atoms with van der Waals surface area (Å²) in [6.07, 6.45) is 1.78. The highest BCUT2D eigenvalue weighted by atomic mass is 79.9. The van der Waals surface area contributed by atoms with Crippen LogP contribution in [0.2, 0.25) is 0 Å². The van der Waals surface area contributed by atoms with Crippen molar-refractivity contribution in [3.8, 4) is 0 Å². The van der Waals surface area contributed by atoms with E-state index in [1.165, 1.54) is 5.69 Å². The molecule has 0 aliphatic heterocycles. The van der Waals surface area contributed by atoms with Crippen molar-refractivity contribution in [1.82, 2.24) is 0 Å². The van der Waals surface area contributed by atoms with Crippen LogP contribution in [0.5, 0.6) is 0 Å². The standard InChI is InChI=1S/C8H8BrN/c1-2-10-8-5-3-4-7(9)6-8/h2-6,10H,1H2/p+1. The lowest BCUT2D eigenvalue weighted by Gasteiger charge is -1.92. The van der Waals surface area contributed by atoms with Gasteiger partial charge in [0.2, 0.25) is 0 Å². The Balaban J connectivity index is 2.84. The minimum absolute atomic E-state index is 1.10. The Kier molecular flexibility index (Phi) is 2.66. The number of hydrogen-bond donors (Lipinski definition) is 1. The van der Waals surface area contributed by atoms with E-state index in [-0.39, 0.29) is 0 Å². The molecule has 2 heteroatoms. The van der Waals surface area contributed by atoms with Gasteiger partial charge in [0.25, 0.3) is 0 Å². The van der Waals surface area contributed by atoms with Gasteiger partial charge in [-0.1, -0.05) is 22.0 Å². The SMILES string of the molecule is C=C[NH2+]c1cccc(Br)c1. The average molecular weight is 199 g/mol. The first-order valence-electron chi connectivity index (χ1n) is 3.04. The van der Waals surface area contributed by atoms with Crippen LogP contribution in [-0.2, 0) is 0 Å². The highest BCUT2D eigenvalue weighted by molar-refractivity contribution is 9.10. The van der Waals surface area contributed by atoms with Gasteiger partial charge in [0.15, 0.2) is 0 Å². The van der Waals surface area contributed by atoms with Gasteiger partial charge in [-0.2, -0.15) is 0 Å². The summed E-state index contributed by atoms with van der Waals surface area (Å²) >= 11 is 3.38. The molecule has 0 radical (unpaired) electrons. The molecule has 0 aliphatic carbocycles. The Hall–Kier alpha value is -0.600. The number of rotatable bonds is 2. The fraction of sp³-hybridized carbons (Fsp3) is 0. The zero-order valence-electron chi connectivity index (χ0n) is 5.55. The third kappa shape index (κ3) is 1.97. The molecule has 0 bridgehead atoms. The first-order valence-corrected chi connectivity index (χ1v) is 3.83. The summed E-state index contributed by atoms with van der Waals surface area (Å²) in [7, 11) is 0. The second-order valence-corrected chi connectivity index (χ2v) is 2.87. The van der Waals surface area contributed by atoms with Crippen molar-refractivity contribution in [3.05, 3.63) is 41.5 Å². The van der Waals surface area contributed by atoms with Crippen molar-refractivity contribution in [2.24, 2.45) is 0 Å². The van der Waals surface area contributed by atoms with E-state index in [4.69, 9.17) is 0 Å². The summed E-state index contributed by atoms with van der Waals surface area (Å²) in [6, 6.07) is 8.08. The van der Waals surface area contributed by atoms with Crippen LogP contribution in [0.4, 0.5) is 5.69 Å². The Labute approximate surface area is 68.9 Å². The van der Waals surface area contributed by atoms with Crippen molar-refractivity contribution in [2.45, 2.75) is 0 Å². The second-order valence-electron chi connectivity index (χ2n) is 1.96. The summed E-state index contributed by atoms with van der Waals surface area (Å²) in [6.45, 7) is 3.61. The largest absolute Gasteiger partial charge is 0.288 e. The van der Waals surface area contributed by atoms with Crippen LogP contribution in [0.1, 0.15) is 0 Å². The van der Waals surface area contributed by atoms with Gasteiger partial charge in [-0.25, -0.2) is 0 Å². The summed E-state index contributed by atoms with van der Waals surface area (Å²) in [5.74, 6) is 0. The molecule has 10 heavy (non-hydrogen) atoms. The molecule has 0 atom stereocenters. The van der Waals surface area contributed by atoms with E-state index in [1.54, 1.807) is 6.20 Å². The summed E-state index contributed by atoms with van der Waals surface area (Å²) in [4.78, 5) is 0. The fourth-order valence-corrected chi connectivity index (χ4v) is 1.16. The maximum Gasteiger partial charge on any atom is 0.135 e. The van der Waals surface area contributed by atoms with E-state index < -0.39 is 0 Å². The predicted molar refractivity (Wildman–Crippen MR) is 45.9 cm³/mol. The zero-order valence-corrected chi connectivity index (χ0v) is 7.14. The number of benzene rings is 1. The van der Waals surface area contributed by atoms with Gasteiger partial charge in [0, 0.05) is 10.5 Å². The van der Waals surface area contributed by atoms with Gasteiger partial charge in [-0.3, -0.25) is 5.32 Å². The molecule has 0 heterocycles. The van der Waals surface area contributed by atoms with E-state index in [9.17, 15) is 0 Å². The molecule has 0 amide bonds. The number of quaternary nitrogens is 1. The smallest absolute Gasteiger partial charge is 0.135 e. The summed E-state index contributed by atoms with van der Waals surface area (Å²) < 4.78 is 1.10. The summed E-state index contributed by atoms with van der Waals surface area (Å²) in [5.41, 5.74) is 1.17. The molecular weight excluding hydrogens is 190 g/mol. The van der Waals surface area contributed by atoms with Crippen LogP contribution in [0, 0.1) is 0 Å². The lowest BCUT2D eigenvalue weighted by molar-refractivity contribution is -0.495. The highest BCUT2D eigenvalue weighted by Crippen LogP contribution is 2.11. The van der Waals surface area contributed by atoms with Crippen LogP contribution >= 0.6 is 15.9 Å². The van der Waals surface area contributed by atoms with Crippen LogP contribution in [0.15, 0.2) is 41.5 Å². The topological polar surface area (TPSA) is 16.6 Å². The molecule has 0 spiro atoms. The minimum atomic E-state index is 1.10. The molecule has 1 aromatic carbocycles. The zero-order chi connectivity index (χ0) is 7.40. The minimum Gasteiger partial charge on any atom is -0.288 e. The maximum atomic E-state index is 3.61. The fourth-order valence-electron chi connectivity index (χ4n) is 0.746. The average Bonchev–Trinajstić information content (AvgIpc) is 1.88. The Bertz CT molecular complexity index is 232.